The van der Waals surface area contributed by atoms with Crippen LogP contribution in [0.1, 0.15) is 55.5 Å². The van der Waals surface area contributed by atoms with Crippen LogP contribution in [0.5, 0.6) is 0 Å². The highest BCUT2D eigenvalue weighted by Crippen LogP contribution is 2.33. The van der Waals surface area contributed by atoms with Gasteiger partial charge in [-0.1, -0.05) is 18.2 Å². The van der Waals surface area contributed by atoms with Gasteiger partial charge in [-0.25, -0.2) is 13.1 Å². The van der Waals surface area contributed by atoms with E-state index in [9.17, 15) is 13.2 Å². The number of H-pyrrole nitrogens is 1. The van der Waals surface area contributed by atoms with Crippen molar-refractivity contribution in [3.05, 3.63) is 72.1 Å². The third-order valence-corrected chi connectivity index (χ3v) is 8.59. The molecule has 9 heteroatoms. The van der Waals surface area contributed by atoms with Crippen molar-refractivity contribution >= 4 is 37.7 Å². The molecule has 0 saturated carbocycles. The van der Waals surface area contributed by atoms with Gasteiger partial charge < -0.3 is 15.2 Å². The van der Waals surface area contributed by atoms with Crippen LogP contribution in [0.2, 0.25) is 0 Å². The summed E-state index contributed by atoms with van der Waals surface area (Å²) in [5.41, 5.74) is 3.14. The second-order valence-electron chi connectivity index (χ2n) is 11.1. The number of pyridine rings is 1. The number of aromatic amines is 1. The SMILES string of the molecule is CC(C)(C)NC(=O)c1ccc2[nH]cc(C3CCN(CCNS(=O)(=O)c4cccc5cccnc45)CC3)c2c1. The monoisotopic (exact) mass is 533 g/mol. The standard InChI is InChI=1S/C29H35N5O3S/c1-29(2,3)33-28(35)22-9-10-25-23(18-22)24(19-31-25)20-11-15-34(16-12-20)17-14-32-38(36,37)26-8-4-6-21-7-5-13-30-27(21)26/h4-10,13,18-20,31-32H,11-12,14-17H2,1-3H3,(H,33,35). The van der Waals surface area contributed by atoms with Crippen LogP contribution >= 0.6 is 0 Å². The number of carbonyl (C=O) groups is 1. The van der Waals surface area contributed by atoms with Gasteiger partial charge in [0.2, 0.25) is 10.0 Å². The summed E-state index contributed by atoms with van der Waals surface area (Å²) in [5.74, 6) is 0.322. The van der Waals surface area contributed by atoms with Gasteiger partial charge in [-0.15, -0.1) is 0 Å². The predicted molar refractivity (Wildman–Crippen MR) is 151 cm³/mol. The van der Waals surface area contributed by atoms with Gasteiger partial charge in [0.15, 0.2) is 0 Å². The number of carbonyl (C=O) groups excluding carboxylic acids is 1. The summed E-state index contributed by atoms with van der Waals surface area (Å²) in [6, 6.07) is 14.7. The Morgan fingerprint density at radius 1 is 1.11 bits per heavy atom. The number of fused-ring (bicyclic) bond motifs is 2. The Bertz CT molecular complexity index is 1560. The fourth-order valence-corrected chi connectivity index (χ4v) is 6.41. The molecule has 0 bridgehead atoms. The number of para-hydroxylation sites is 1. The van der Waals surface area contributed by atoms with E-state index in [1.807, 2.05) is 51.1 Å². The lowest BCUT2D eigenvalue weighted by Gasteiger charge is -2.32. The Kier molecular flexibility index (Phi) is 7.26. The summed E-state index contributed by atoms with van der Waals surface area (Å²) in [6.45, 7) is 8.70. The van der Waals surface area contributed by atoms with E-state index in [1.165, 1.54) is 5.56 Å². The molecular formula is C29H35N5O3S. The first-order valence-corrected chi connectivity index (χ1v) is 14.6. The second-order valence-corrected chi connectivity index (χ2v) is 12.8. The van der Waals surface area contributed by atoms with Gasteiger partial charge in [0, 0.05) is 52.9 Å². The van der Waals surface area contributed by atoms with Crippen molar-refractivity contribution in [2.75, 3.05) is 26.2 Å². The molecule has 0 radical (unpaired) electrons. The van der Waals surface area contributed by atoms with E-state index >= 15 is 0 Å². The number of hydrogen-bond donors (Lipinski definition) is 3. The quantitative estimate of drug-likeness (QED) is 0.326. The summed E-state index contributed by atoms with van der Waals surface area (Å²) in [4.78, 5) is 22.9. The summed E-state index contributed by atoms with van der Waals surface area (Å²) >= 11 is 0. The smallest absolute Gasteiger partial charge is 0.251 e. The maximum absolute atomic E-state index is 13.0. The number of likely N-dealkylation sites (tertiary alicyclic amines) is 1. The van der Waals surface area contributed by atoms with Crippen LogP contribution in [0.4, 0.5) is 0 Å². The highest BCUT2D eigenvalue weighted by molar-refractivity contribution is 7.89. The van der Waals surface area contributed by atoms with Crippen molar-refractivity contribution in [2.24, 2.45) is 0 Å². The highest BCUT2D eigenvalue weighted by atomic mass is 32.2. The molecule has 200 valence electrons. The molecule has 0 spiro atoms. The Morgan fingerprint density at radius 3 is 2.63 bits per heavy atom. The van der Waals surface area contributed by atoms with E-state index < -0.39 is 10.0 Å². The molecule has 3 N–H and O–H groups in total. The molecule has 2 aromatic heterocycles. The van der Waals surface area contributed by atoms with Crippen molar-refractivity contribution in [1.29, 1.82) is 0 Å². The number of nitrogens with zero attached hydrogens (tertiary/aromatic N) is 2. The van der Waals surface area contributed by atoms with E-state index in [0.29, 0.717) is 30.1 Å². The van der Waals surface area contributed by atoms with Crippen LogP contribution < -0.4 is 10.0 Å². The number of rotatable bonds is 7. The molecule has 3 heterocycles. The Hall–Kier alpha value is -3.27. The molecule has 0 atom stereocenters. The number of sulfonamides is 1. The number of hydrogen-bond acceptors (Lipinski definition) is 5. The summed E-state index contributed by atoms with van der Waals surface area (Å²) in [7, 11) is -3.66. The van der Waals surface area contributed by atoms with Crippen molar-refractivity contribution in [2.45, 2.75) is 50.0 Å². The van der Waals surface area contributed by atoms with E-state index in [2.05, 4.69) is 31.1 Å². The Labute approximate surface area is 223 Å². The van der Waals surface area contributed by atoms with Crippen molar-refractivity contribution in [3.63, 3.8) is 0 Å². The largest absolute Gasteiger partial charge is 0.361 e. The molecule has 8 nitrogen and oxygen atoms in total. The molecule has 0 aliphatic carbocycles. The zero-order valence-electron chi connectivity index (χ0n) is 22.1. The zero-order chi connectivity index (χ0) is 26.9. The highest BCUT2D eigenvalue weighted by Gasteiger charge is 2.24. The van der Waals surface area contributed by atoms with Gasteiger partial charge in [0.05, 0.1) is 5.52 Å². The average molecular weight is 534 g/mol. The molecule has 38 heavy (non-hydrogen) atoms. The average Bonchev–Trinajstić information content (AvgIpc) is 3.31. The lowest BCUT2D eigenvalue weighted by Crippen LogP contribution is -2.40. The third-order valence-electron chi connectivity index (χ3n) is 7.10. The maximum Gasteiger partial charge on any atom is 0.251 e. The maximum atomic E-state index is 13.0. The predicted octanol–water partition coefficient (Wildman–Crippen LogP) is 4.40. The first kappa shape index (κ1) is 26.3. The number of piperidine rings is 1. The second kappa shape index (κ2) is 10.5. The van der Waals surface area contributed by atoms with E-state index in [0.717, 1.165) is 42.2 Å². The van der Waals surface area contributed by atoms with Crippen LogP contribution in [0.3, 0.4) is 0 Å². The van der Waals surface area contributed by atoms with Gasteiger partial charge in [-0.05, 0) is 88.5 Å². The summed E-state index contributed by atoms with van der Waals surface area (Å²) < 4.78 is 28.7. The first-order valence-electron chi connectivity index (χ1n) is 13.1. The number of amides is 1. The fraction of sp³-hybridized carbons (Fsp3) is 0.379. The first-order chi connectivity index (χ1) is 18.1. The van der Waals surface area contributed by atoms with Crippen LogP contribution in [-0.2, 0) is 10.0 Å². The Balaban J connectivity index is 1.19. The minimum Gasteiger partial charge on any atom is -0.361 e. The Morgan fingerprint density at radius 2 is 1.87 bits per heavy atom. The molecule has 1 fully saturated rings. The van der Waals surface area contributed by atoms with Gasteiger partial charge in [0.25, 0.3) is 5.91 Å². The van der Waals surface area contributed by atoms with Gasteiger partial charge >= 0.3 is 0 Å². The lowest BCUT2D eigenvalue weighted by molar-refractivity contribution is 0.0919. The molecule has 5 rings (SSSR count). The summed E-state index contributed by atoms with van der Waals surface area (Å²) in [6.07, 6.45) is 5.64. The van der Waals surface area contributed by atoms with Crippen LogP contribution in [0.25, 0.3) is 21.8 Å². The van der Waals surface area contributed by atoms with E-state index in [4.69, 9.17) is 0 Å². The van der Waals surface area contributed by atoms with Crippen molar-refractivity contribution in [1.82, 2.24) is 24.9 Å². The number of benzene rings is 2. The molecule has 1 amide bonds. The molecule has 4 aromatic rings. The molecule has 2 aromatic carbocycles. The minimum absolute atomic E-state index is 0.0666. The van der Waals surface area contributed by atoms with Crippen molar-refractivity contribution in [3.8, 4) is 0 Å². The molecular weight excluding hydrogens is 498 g/mol. The fourth-order valence-electron chi connectivity index (χ4n) is 5.21. The zero-order valence-corrected chi connectivity index (χ0v) is 22.9. The van der Waals surface area contributed by atoms with Crippen LogP contribution in [0.15, 0.2) is 65.8 Å². The van der Waals surface area contributed by atoms with Crippen LogP contribution in [-0.4, -0.2) is 60.9 Å². The summed E-state index contributed by atoms with van der Waals surface area (Å²) in [5, 5.41) is 4.94. The molecule has 1 aliphatic rings. The minimum atomic E-state index is -3.66. The van der Waals surface area contributed by atoms with Crippen LogP contribution in [0, 0.1) is 0 Å². The lowest BCUT2D eigenvalue weighted by atomic mass is 9.89. The van der Waals surface area contributed by atoms with Crippen molar-refractivity contribution < 1.29 is 13.2 Å². The van der Waals surface area contributed by atoms with Gasteiger partial charge in [0.1, 0.15) is 4.90 Å². The van der Waals surface area contributed by atoms with Gasteiger partial charge in [-0.2, -0.15) is 0 Å². The normalized spacial score (nSPS) is 15.8. The molecule has 0 unspecified atom stereocenters. The molecule has 1 aliphatic heterocycles. The number of nitrogens with one attached hydrogen (secondary N) is 3. The number of aromatic nitrogens is 2. The topological polar surface area (TPSA) is 107 Å². The van der Waals surface area contributed by atoms with E-state index in [1.54, 1.807) is 24.4 Å². The van der Waals surface area contributed by atoms with E-state index in [-0.39, 0.29) is 16.3 Å². The molecule has 1 saturated heterocycles. The third kappa shape index (κ3) is 5.75. The van der Waals surface area contributed by atoms with Gasteiger partial charge in [-0.3, -0.25) is 9.78 Å².